The molecule has 0 amide bonds. The smallest absolute Gasteiger partial charge is 0.0846 e. The maximum Gasteiger partial charge on any atom is 0.0846 e. The average Bonchev–Trinajstić information content (AvgIpc) is 2.54. The Bertz CT molecular complexity index is 196. The van der Waals surface area contributed by atoms with Gasteiger partial charge in [0.05, 0.1) is 8.67 Å². The largest absolute Gasteiger partial charge is 0.210 e. The van der Waals surface area contributed by atoms with Gasteiger partial charge in [0.25, 0.3) is 0 Å². The van der Waals surface area contributed by atoms with E-state index in [1.54, 1.807) is 0 Å². The van der Waals surface area contributed by atoms with Crippen molar-refractivity contribution in [2.24, 2.45) is 5.92 Å². The van der Waals surface area contributed by atoms with E-state index in [1.165, 1.54) is 96.3 Å². The van der Waals surface area contributed by atoms with Crippen LogP contribution in [-0.2, 0) is 0 Å². The average molecular weight is 345 g/mol. The SMILES string of the molecule is CCCCCCC(CCCCCC)C(CCCCCC)[SiH2]S. The standard InChI is InChI=1S/C20H44SSi/c1-4-7-10-13-16-19(17-14-11-8-5-2)20(22-21)18-15-12-9-6-3/h19-21H,4-18,22H2,1-3H3. The summed E-state index contributed by atoms with van der Waals surface area (Å²) in [6, 6.07) is 0. The molecule has 0 fully saturated rings. The third kappa shape index (κ3) is 13.0. The van der Waals surface area contributed by atoms with Gasteiger partial charge in [-0.25, -0.2) is 12.1 Å². The summed E-state index contributed by atoms with van der Waals surface area (Å²) < 4.78 is 0. The number of thiol groups is 1. The first-order valence-electron chi connectivity index (χ1n) is 10.4. The van der Waals surface area contributed by atoms with Gasteiger partial charge >= 0.3 is 0 Å². The molecular formula is C20H44SSi. The summed E-state index contributed by atoms with van der Waals surface area (Å²) in [6.07, 6.45) is 21.6. The van der Waals surface area contributed by atoms with Crippen LogP contribution in [0.1, 0.15) is 117 Å². The summed E-state index contributed by atoms with van der Waals surface area (Å²) >= 11 is 4.85. The van der Waals surface area contributed by atoms with Crippen LogP contribution in [0.4, 0.5) is 0 Å². The predicted molar refractivity (Wildman–Crippen MR) is 111 cm³/mol. The third-order valence-electron chi connectivity index (χ3n) is 5.19. The minimum atomic E-state index is -0.138. The molecule has 1 unspecified atom stereocenters. The van der Waals surface area contributed by atoms with Crippen molar-refractivity contribution in [1.82, 2.24) is 0 Å². The van der Waals surface area contributed by atoms with Crippen LogP contribution in [0.3, 0.4) is 0 Å². The zero-order valence-electron chi connectivity index (χ0n) is 15.9. The van der Waals surface area contributed by atoms with E-state index in [-0.39, 0.29) is 8.67 Å². The van der Waals surface area contributed by atoms with Crippen LogP contribution in [0, 0.1) is 5.92 Å². The van der Waals surface area contributed by atoms with Gasteiger partial charge in [-0.3, -0.25) is 0 Å². The molecule has 0 nitrogen and oxygen atoms in total. The molecule has 0 N–H and O–H groups in total. The second kappa shape index (κ2) is 17.9. The minimum absolute atomic E-state index is 0.138. The van der Waals surface area contributed by atoms with E-state index in [2.05, 4.69) is 20.8 Å². The van der Waals surface area contributed by atoms with Gasteiger partial charge in [-0.15, -0.1) is 0 Å². The van der Waals surface area contributed by atoms with Crippen LogP contribution in [0.25, 0.3) is 0 Å². The van der Waals surface area contributed by atoms with Crippen LogP contribution in [0.2, 0.25) is 5.54 Å². The Hall–Kier alpha value is 0.567. The molecule has 0 rings (SSSR count). The summed E-state index contributed by atoms with van der Waals surface area (Å²) in [6.45, 7) is 6.95. The Morgan fingerprint density at radius 1 is 0.591 bits per heavy atom. The van der Waals surface area contributed by atoms with Gasteiger partial charge in [0.15, 0.2) is 0 Å². The molecule has 0 spiro atoms. The molecule has 1 atom stereocenters. The number of hydrogen-bond donors (Lipinski definition) is 1. The summed E-state index contributed by atoms with van der Waals surface area (Å²) in [7, 11) is -0.138. The lowest BCUT2D eigenvalue weighted by Gasteiger charge is -2.26. The fourth-order valence-electron chi connectivity index (χ4n) is 3.59. The second-order valence-corrected chi connectivity index (χ2v) is 9.76. The van der Waals surface area contributed by atoms with Crippen molar-refractivity contribution in [1.29, 1.82) is 0 Å². The topological polar surface area (TPSA) is 0 Å². The predicted octanol–water partition coefficient (Wildman–Crippen LogP) is 7.32. The Kier molecular flexibility index (Phi) is 18.4. The van der Waals surface area contributed by atoms with Gasteiger partial charge in [-0.05, 0) is 11.5 Å². The lowest BCUT2D eigenvalue weighted by atomic mass is 9.89. The Labute approximate surface area is 149 Å². The first kappa shape index (κ1) is 22.6. The molecule has 0 saturated carbocycles. The van der Waals surface area contributed by atoms with Gasteiger partial charge < -0.3 is 0 Å². The molecule has 2 heteroatoms. The molecular weight excluding hydrogens is 300 g/mol. The van der Waals surface area contributed by atoms with Crippen molar-refractivity contribution >= 4 is 20.7 Å². The lowest BCUT2D eigenvalue weighted by molar-refractivity contribution is 0.368. The van der Waals surface area contributed by atoms with Gasteiger partial charge in [0, 0.05) is 0 Å². The molecule has 0 aliphatic rings. The van der Waals surface area contributed by atoms with Crippen molar-refractivity contribution < 1.29 is 0 Å². The minimum Gasteiger partial charge on any atom is -0.210 e. The molecule has 134 valence electrons. The van der Waals surface area contributed by atoms with Gasteiger partial charge in [0.2, 0.25) is 0 Å². The molecule has 0 aromatic rings. The second-order valence-electron chi connectivity index (χ2n) is 7.25. The van der Waals surface area contributed by atoms with E-state index in [0.29, 0.717) is 0 Å². The van der Waals surface area contributed by atoms with Crippen LogP contribution in [0.15, 0.2) is 0 Å². The summed E-state index contributed by atoms with van der Waals surface area (Å²) in [4.78, 5) is 0. The highest BCUT2D eigenvalue weighted by Crippen LogP contribution is 2.34. The van der Waals surface area contributed by atoms with Crippen LogP contribution in [0.5, 0.6) is 0 Å². The molecule has 0 aromatic carbocycles. The zero-order chi connectivity index (χ0) is 16.5. The van der Waals surface area contributed by atoms with E-state index in [1.807, 2.05) is 0 Å². The van der Waals surface area contributed by atoms with Gasteiger partial charge in [0.1, 0.15) is 0 Å². The van der Waals surface area contributed by atoms with E-state index >= 15 is 0 Å². The van der Waals surface area contributed by atoms with Crippen molar-refractivity contribution in [2.45, 2.75) is 123 Å². The van der Waals surface area contributed by atoms with Gasteiger partial charge in [-0.2, -0.15) is 0 Å². The Balaban J connectivity index is 4.16. The highest BCUT2D eigenvalue weighted by Gasteiger charge is 2.19. The molecule has 0 heterocycles. The van der Waals surface area contributed by atoms with Crippen molar-refractivity contribution in [3.8, 4) is 0 Å². The Morgan fingerprint density at radius 2 is 1.00 bits per heavy atom. The lowest BCUT2D eigenvalue weighted by Crippen LogP contribution is -2.14. The monoisotopic (exact) mass is 344 g/mol. The third-order valence-corrected chi connectivity index (χ3v) is 8.14. The zero-order valence-corrected chi connectivity index (χ0v) is 18.2. The van der Waals surface area contributed by atoms with Crippen LogP contribution in [-0.4, -0.2) is 8.67 Å². The normalized spacial score (nSPS) is 13.5. The number of unbranched alkanes of at least 4 members (excludes halogenated alkanes) is 9. The first-order valence-corrected chi connectivity index (χ1v) is 13.8. The summed E-state index contributed by atoms with van der Waals surface area (Å²) in [5, 5.41) is 0. The molecule has 22 heavy (non-hydrogen) atoms. The van der Waals surface area contributed by atoms with E-state index in [0.717, 1.165) is 11.5 Å². The van der Waals surface area contributed by atoms with Crippen LogP contribution >= 0.6 is 12.1 Å². The molecule has 0 bridgehead atoms. The Morgan fingerprint density at radius 3 is 1.36 bits per heavy atom. The highest BCUT2D eigenvalue weighted by atomic mass is 32.3. The van der Waals surface area contributed by atoms with Crippen molar-refractivity contribution in [3.05, 3.63) is 0 Å². The molecule has 0 radical (unpaired) electrons. The first-order chi connectivity index (χ1) is 10.8. The molecule has 0 aromatic heterocycles. The van der Waals surface area contributed by atoms with Crippen LogP contribution < -0.4 is 0 Å². The maximum absolute atomic E-state index is 4.85. The fraction of sp³-hybridized carbons (Fsp3) is 1.00. The fourth-order valence-corrected chi connectivity index (χ4v) is 6.27. The maximum atomic E-state index is 4.85. The van der Waals surface area contributed by atoms with Gasteiger partial charge in [-0.1, -0.05) is 117 Å². The van der Waals surface area contributed by atoms with E-state index in [4.69, 9.17) is 12.1 Å². The number of rotatable bonds is 17. The molecule has 0 aliphatic heterocycles. The van der Waals surface area contributed by atoms with Crippen molar-refractivity contribution in [2.75, 3.05) is 0 Å². The van der Waals surface area contributed by atoms with E-state index in [9.17, 15) is 0 Å². The van der Waals surface area contributed by atoms with Crippen molar-refractivity contribution in [3.63, 3.8) is 0 Å². The summed E-state index contributed by atoms with van der Waals surface area (Å²) in [5.74, 6) is 1.01. The molecule has 0 saturated heterocycles. The molecule has 0 aliphatic carbocycles. The summed E-state index contributed by atoms with van der Waals surface area (Å²) in [5.41, 5.74) is 1.02. The quantitative estimate of drug-likeness (QED) is 0.159. The highest BCUT2D eigenvalue weighted by molar-refractivity contribution is 8.07. The number of hydrogen-bond acceptors (Lipinski definition) is 1. The van der Waals surface area contributed by atoms with E-state index < -0.39 is 0 Å².